The number of benzene rings is 1. The van der Waals surface area contributed by atoms with Crippen LogP contribution < -0.4 is 5.32 Å². The molecule has 0 radical (unpaired) electrons. The van der Waals surface area contributed by atoms with Crippen LogP contribution in [0.25, 0.3) is 10.9 Å². The second-order valence-corrected chi connectivity index (χ2v) is 4.37. The van der Waals surface area contributed by atoms with Crippen molar-refractivity contribution in [3.8, 4) is 0 Å². The Bertz CT molecular complexity index is 598. The number of nitrogens with one attached hydrogen (secondary N) is 1. The molecule has 5 nitrogen and oxygen atoms in total. The number of hydrogen-bond donors (Lipinski definition) is 2. The molecule has 0 bridgehead atoms. The maximum absolute atomic E-state index is 11.3. The van der Waals surface area contributed by atoms with Crippen molar-refractivity contribution in [2.45, 2.75) is 13.0 Å². The number of aromatic nitrogens is 1. The van der Waals surface area contributed by atoms with Gasteiger partial charge >= 0.3 is 5.97 Å². The lowest BCUT2D eigenvalue weighted by Gasteiger charge is -2.17. The van der Waals surface area contributed by atoms with Gasteiger partial charge in [0.25, 0.3) is 0 Å². The van der Waals surface area contributed by atoms with E-state index in [4.69, 9.17) is 4.74 Å². The van der Waals surface area contributed by atoms with Gasteiger partial charge in [0, 0.05) is 24.7 Å². The summed E-state index contributed by atoms with van der Waals surface area (Å²) in [4.78, 5) is 15.5. The molecular weight excluding hydrogens is 244 g/mol. The zero-order chi connectivity index (χ0) is 13.8. The molecule has 1 unspecified atom stereocenters. The Morgan fingerprint density at radius 1 is 1.47 bits per heavy atom. The van der Waals surface area contributed by atoms with E-state index in [9.17, 15) is 9.90 Å². The fraction of sp³-hybridized carbons (Fsp3) is 0.286. The van der Waals surface area contributed by atoms with Gasteiger partial charge in [-0.05, 0) is 13.0 Å². The predicted molar refractivity (Wildman–Crippen MR) is 73.7 cm³/mol. The molecule has 0 fully saturated rings. The number of pyridine rings is 1. The van der Waals surface area contributed by atoms with E-state index in [1.54, 1.807) is 7.11 Å². The van der Waals surface area contributed by atoms with Crippen molar-refractivity contribution in [1.29, 1.82) is 0 Å². The molecule has 2 N–H and O–H groups in total. The fourth-order valence-corrected chi connectivity index (χ4v) is 2.00. The fourth-order valence-electron chi connectivity index (χ4n) is 2.00. The van der Waals surface area contributed by atoms with Crippen molar-refractivity contribution in [3.63, 3.8) is 0 Å². The smallest absolute Gasteiger partial charge is 0.339 e. The number of aromatic carboxylic acids is 1. The number of carbonyl (C=O) groups is 1. The van der Waals surface area contributed by atoms with Crippen LogP contribution in [0.2, 0.25) is 0 Å². The minimum absolute atomic E-state index is 0.00825. The van der Waals surface area contributed by atoms with E-state index in [0.717, 1.165) is 10.9 Å². The highest BCUT2D eigenvalue weighted by Gasteiger charge is 2.15. The molecule has 2 aromatic rings. The Morgan fingerprint density at radius 2 is 2.21 bits per heavy atom. The van der Waals surface area contributed by atoms with Gasteiger partial charge in [-0.25, -0.2) is 4.79 Å². The first-order valence-electron chi connectivity index (χ1n) is 6.00. The SMILES string of the molecule is COCC(C)Nc1c(C(=O)O)cnc2ccccc12. The summed E-state index contributed by atoms with van der Waals surface area (Å²) >= 11 is 0. The number of para-hydroxylation sites is 1. The number of carboxylic acids is 1. The van der Waals surface area contributed by atoms with E-state index in [-0.39, 0.29) is 11.6 Å². The predicted octanol–water partition coefficient (Wildman–Crippen LogP) is 2.38. The molecule has 0 aliphatic carbocycles. The van der Waals surface area contributed by atoms with Crippen LogP contribution in [-0.2, 0) is 4.74 Å². The second kappa shape index (κ2) is 5.67. The Labute approximate surface area is 111 Å². The molecule has 0 saturated heterocycles. The van der Waals surface area contributed by atoms with Crippen LogP contribution >= 0.6 is 0 Å². The van der Waals surface area contributed by atoms with Gasteiger partial charge in [0.15, 0.2) is 0 Å². The highest BCUT2D eigenvalue weighted by molar-refractivity contribution is 6.04. The number of fused-ring (bicyclic) bond motifs is 1. The van der Waals surface area contributed by atoms with Gasteiger partial charge in [0.1, 0.15) is 5.56 Å². The molecule has 0 spiro atoms. The molecule has 1 atom stereocenters. The molecule has 5 heteroatoms. The zero-order valence-corrected chi connectivity index (χ0v) is 10.9. The van der Waals surface area contributed by atoms with Crippen LogP contribution in [0.15, 0.2) is 30.5 Å². The van der Waals surface area contributed by atoms with Crippen LogP contribution in [-0.4, -0.2) is 35.8 Å². The van der Waals surface area contributed by atoms with Crippen LogP contribution in [0.1, 0.15) is 17.3 Å². The summed E-state index contributed by atoms with van der Waals surface area (Å²) in [6, 6.07) is 7.46. The second-order valence-electron chi connectivity index (χ2n) is 4.37. The summed E-state index contributed by atoms with van der Waals surface area (Å²) in [6.07, 6.45) is 1.38. The summed E-state index contributed by atoms with van der Waals surface area (Å²) < 4.78 is 5.06. The lowest BCUT2D eigenvalue weighted by molar-refractivity contribution is 0.0697. The van der Waals surface area contributed by atoms with Crippen molar-refractivity contribution in [2.75, 3.05) is 19.0 Å². The summed E-state index contributed by atoms with van der Waals surface area (Å²) in [7, 11) is 1.61. The van der Waals surface area contributed by atoms with E-state index in [2.05, 4.69) is 10.3 Å². The van der Waals surface area contributed by atoms with Gasteiger partial charge < -0.3 is 15.2 Å². The Morgan fingerprint density at radius 3 is 2.89 bits per heavy atom. The van der Waals surface area contributed by atoms with Crippen LogP contribution in [0, 0.1) is 0 Å². The molecule has 19 heavy (non-hydrogen) atoms. The number of anilines is 1. The van der Waals surface area contributed by atoms with Gasteiger partial charge in [-0.1, -0.05) is 18.2 Å². The monoisotopic (exact) mass is 260 g/mol. The highest BCUT2D eigenvalue weighted by Crippen LogP contribution is 2.26. The molecule has 1 aromatic carbocycles. The molecule has 0 aliphatic rings. The first kappa shape index (κ1) is 13.3. The summed E-state index contributed by atoms with van der Waals surface area (Å²) in [5.74, 6) is -0.995. The topological polar surface area (TPSA) is 71.5 Å². The van der Waals surface area contributed by atoms with Crippen molar-refractivity contribution in [2.24, 2.45) is 0 Å². The van der Waals surface area contributed by atoms with E-state index in [1.165, 1.54) is 6.20 Å². The standard InChI is InChI=1S/C14H16N2O3/c1-9(8-19-2)16-13-10-5-3-4-6-12(10)15-7-11(13)14(17)18/h3-7,9H,8H2,1-2H3,(H,15,16)(H,17,18). The summed E-state index contributed by atoms with van der Waals surface area (Å²) in [5, 5.41) is 13.2. The first-order chi connectivity index (χ1) is 9.13. The van der Waals surface area contributed by atoms with Crippen LogP contribution in [0.4, 0.5) is 5.69 Å². The molecule has 100 valence electrons. The lowest BCUT2D eigenvalue weighted by atomic mass is 10.1. The number of methoxy groups -OCH3 is 1. The van der Waals surface area contributed by atoms with Gasteiger partial charge in [0.05, 0.1) is 17.8 Å². The Kier molecular flexibility index (Phi) is 3.97. The first-order valence-corrected chi connectivity index (χ1v) is 6.00. The molecule has 0 aliphatic heterocycles. The summed E-state index contributed by atoms with van der Waals surface area (Å²) in [6.45, 7) is 2.43. The molecule has 0 amide bonds. The minimum Gasteiger partial charge on any atom is -0.478 e. The highest BCUT2D eigenvalue weighted by atomic mass is 16.5. The quantitative estimate of drug-likeness (QED) is 0.863. The normalized spacial score (nSPS) is 12.3. The van der Waals surface area contributed by atoms with Crippen LogP contribution in [0.5, 0.6) is 0 Å². The van der Waals surface area contributed by atoms with Gasteiger partial charge in [0.2, 0.25) is 0 Å². The molecule has 1 aromatic heterocycles. The lowest BCUT2D eigenvalue weighted by Crippen LogP contribution is -2.22. The van der Waals surface area contributed by atoms with E-state index < -0.39 is 5.97 Å². The third-order valence-corrected chi connectivity index (χ3v) is 2.81. The Balaban J connectivity index is 2.52. The van der Waals surface area contributed by atoms with Crippen molar-refractivity contribution in [1.82, 2.24) is 4.98 Å². The maximum atomic E-state index is 11.3. The molecular formula is C14H16N2O3. The third-order valence-electron chi connectivity index (χ3n) is 2.81. The van der Waals surface area contributed by atoms with Crippen molar-refractivity contribution < 1.29 is 14.6 Å². The third kappa shape index (κ3) is 2.82. The molecule has 0 saturated carbocycles. The van der Waals surface area contributed by atoms with Crippen molar-refractivity contribution in [3.05, 3.63) is 36.0 Å². The van der Waals surface area contributed by atoms with E-state index >= 15 is 0 Å². The summed E-state index contributed by atoms with van der Waals surface area (Å²) in [5.41, 5.74) is 1.52. The molecule has 2 rings (SSSR count). The van der Waals surface area contributed by atoms with Gasteiger partial charge in [-0.2, -0.15) is 0 Å². The number of ether oxygens (including phenoxy) is 1. The average Bonchev–Trinajstić information content (AvgIpc) is 2.39. The van der Waals surface area contributed by atoms with E-state index in [0.29, 0.717) is 12.3 Å². The Hall–Kier alpha value is -2.14. The average molecular weight is 260 g/mol. The van der Waals surface area contributed by atoms with E-state index in [1.807, 2.05) is 31.2 Å². The van der Waals surface area contributed by atoms with Crippen LogP contribution in [0.3, 0.4) is 0 Å². The van der Waals surface area contributed by atoms with Gasteiger partial charge in [-0.15, -0.1) is 0 Å². The minimum atomic E-state index is -0.995. The number of hydrogen-bond acceptors (Lipinski definition) is 4. The zero-order valence-electron chi connectivity index (χ0n) is 10.9. The number of rotatable bonds is 5. The van der Waals surface area contributed by atoms with Crippen molar-refractivity contribution >= 4 is 22.6 Å². The number of nitrogens with zero attached hydrogens (tertiary/aromatic N) is 1. The van der Waals surface area contributed by atoms with Gasteiger partial charge in [-0.3, -0.25) is 4.98 Å². The largest absolute Gasteiger partial charge is 0.478 e. The maximum Gasteiger partial charge on any atom is 0.339 e. The number of carboxylic acid groups (broad SMARTS) is 1. The molecule has 1 heterocycles.